The standard InChI is InChI=1S/C28H31F2N7O3/c29-22-5-3-7-24(27(22)30)36-26(39)15-37-14-19(13-34-37)35-28-21-9-8-20(12-25(21)32-17-33-28)40-11-10-31-23-6-2-1-4-18(23)16-38/h3,5,7-9,12-14,17-18,23,31,38H,1-2,4,6,10-11,15-16H2,(H,36,39)(H,32,33,35). The fourth-order valence-corrected chi connectivity index (χ4v) is 4.92. The molecule has 1 aliphatic carbocycles. The Morgan fingerprint density at radius 1 is 1.15 bits per heavy atom. The third-order valence-corrected chi connectivity index (χ3v) is 6.96. The zero-order valence-corrected chi connectivity index (χ0v) is 21.8. The van der Waals surface area contributed by atoms with Crippen molar-refractivity contribution in [2.75, 3.05) is 30.4 Å². The number of hydrogen-bond acceptors (Lipinski definition) is 8. The van der Waals surface area contributed by atoms with E-state index < -0.39 is 17.5 Å². The Hall–Kier alpha value is -4.16. The molecule has 1 aliphatic rings. The molecule has 2 aromatic heterocycles. The highest BCUT2D eigenvalue weighted by atomic mass is 19.2. The molecule has 0 aliphatic heterocycles. The molecule has 1 fully saturated rings. The number of anilines is 3. The van der Waals surface area contributed by atoms with Gasteiger partial charge in [0.1, 0.15) is 31.0 Å². The van der Waals surface area contributed by atoms with E-state index in [0.29, 0.717) is 47.9 Å². The van der Waals surface area contributed by atoms with Gasteiger partial charge in [-0.15, -0.1) is 0 Å². The summed E-state index contributed by atoms with van der Waals surface area (Å²) in [6.45, 7) is 1.20. The first-order valence-corrected chi connectivity index (χ1v) is 13.3. The number of aliphatic hydroxyl groups excluding tert-OH is 1. The molecular formula is C28H31F2N7O3. The van der Waals surface area contributed by atoms with Crippen molar-refractivity contribution in [2.24, 2.45) is 5.92 Å². The van der Waals surface area contributed by atoms with E-state index in [4.69, 9.17) is 4.74 Å². The van der Waals surface area contributed by atoms with Gasteiger partial charge in [0, 0.05) is 36.8 Å². The summed E-state index contributed by atoms with van der Waals surface area (Å²) in [5, 5.41) is 23.5. The lowest BCUT2D eigenvalue weighted by atomic mass is 9.85. The van der Waals surface area contributed by atoms with E-state index >= 15 is 0 Å². The first kappa shape index (κ1) is 27.4. The van der Waals surface area contributed by atoms with Crippen molar-refractivity contribution in [3.8, 4) is 5.75 Å². The van der Waals surface area contributed by atoms with Crippen molar-refractivity contribution in [1.29, 1.82) is 0 Å². The van der Waals surface area contributed by atoms with Crippen molar-refractivity contribution >= 4 is 34.0 Å². The van der Waals surface area contributed by atoms with Crippen LogP contribution in [-0.4, -0.2) is 56.6 Å². The fraction of sp³-hybridized carbons (Fsp3) is 0.357. The Kier molecular flexibility index (Phi) is 8.77. The van der Waals surface area contributed by atoms with E-state index in [9.17, 15) is 18.7 Å². The first-order valence-electron chi connectivity index (χ1n) is 13.3. The number of rotatable bonds is 11. The van der Waals surface area contributed by atoms with Crippen LogP contribution in [0.5, 0.6) is 5.75 Å². The van der Waals surface area contributed by atoms with Crippen LogP contribution < -0.4 is 20.7 Å². The lowest BCUT2D eigenvalue weighted by Crippen LogP contribution is -2.41. The SMILES string of the molecule is O=C(Cn1cc(Nc2ncnc3cc(OCCNC4CCCCC4CO)ccc23)cn1)Nc1cccc(F)c1F. The predicted octanol–water partition coefficient (Wildman–Crippen LogP) is 4.01. The van der Waals surface area contributed by atoms with Crippen LogP contribution in [0.3, 0.4) is 0 Å². The van der Waals surface area contributed by atoms with Gasteiger partial charge < -0.3 is 25.8 Å². The van der Waals surface area contributed by atoms with Crippen molar-refractivity contribution in [3.63, 3.8) is 0 Å². The lowest BCUT2D eigenvalue weighted by Gasteiger charge is -2.31. The second kappa shape index (κ2) is 12.8. The minimum atomic E-state index is -1.12. The molecule has 0 spiro atoms. The number of ether oxygens (including phenoxy) is 1. The number of halogens is 2. The summed E-state index contributed by atoms with van der Waals surface area (Å²) in [6, 6.07) is 9.47. The van der Waals surface area contributed by atoms with E-state index in [1.54, 1.807) is 6.20 Å². The Bertz CT molecular complexity index is 1470. The van der Waals surface area contributed by atoms with Gasteiger partial charge in [0.05, 0.1) is 23.1 Å². The van der Waals surface area contributed by atoms with Gasteiger partial charge in [0.25, 0.3) is 0 Å². The van der Waals surface area contributed by atoms with E-state index in [2.05, 4.69) is 31.0 Å². The summed E-state index contributed by atoms with van der Waals surface area (Å²) >= 11 is 0. The molecule has 40 heavy (non-hydrogen) atoms. The number of hydrogen-bond donors (Lipinski definition) is 4. The Labute approximate surface area is 229 Å². The second-order valence-electron chi connectivity index (χ2n) is 9.74. The van der Waals surface area contributed by atoms with Crippen molar-refractivity contribution in [2.45, 2.75) is 38.3 Å². The molecule has 10 nitrogen and oxygen atoms in total. The summed E-state index contributed by atoms with van der Waals surface area (Å²) in [6.07, 6.45) is 9.08. The second-order valence-corrected chi connectivity index (χ2v) is 9.74. The highest BCUT2D eigenvalue weighted by Gasteiger charge is 2.23. The van der Waals surface area contributed by atoms with Crippen LogP contribution >= 0.6 is 0 Å². The lowest BCUT2D eigenvalue weighted by molar-refractivity contribution is -0.116. The van der Waals surface area contributed by atoms with Gasteiger partial charge in [-0.3, -0.25) is 9.48 Å². The Morgan fingerprint density at radius 2 is 2.02 bits per heavy atom. The minimum absolute atomic E-state index is 0.195. The molecule has 1 amide bonds. The van der Waals surface area contributed by atoms with Crippen LogP contribution in [0.25, 0.3) is 10.9 Å². The van der Waals surface area contributed by atoms with Crippen molar-refractivity contribution < 1.29 is 23.4 Å². The number of aromatic nitrogens is 4. The fourth-order valence-electron chi connectivity index (χ4n) is 4.92. The van der Waals surface area contributed by atoms with E-state index in [1.807, 2.05) is 18.2 Å². The molecule has 2 unspecified atom stereocenters. The number of carbonyl (C=O) groups excluding carboxylic acids is 1. The Morgan fingerprint density at radius 3 is 2.90 bits per heavy atom. The molecule has 2 atom stereocenters. The zero-order chi connectivity index (χ0) is 27.9. The highest BCUT2D eigenvalue weighted by Crippen LogP contribution is 2.27. The molecular weight excluding hydrogens is 520 g/mol. The van der Waals surface area contributed by atoms with E-state index in [0.717, 1.165) is 24.3 Å². The first-order chi connectivity index (χ1) is 19.5. The van der Waals surface area contributed by atoms with Crippen LogP contribution in [0.2, 0.25) is 0 Å². The monoisotopic (exact) mass is 551 g/mol. The van der Waals surface area contributed by atoms with Gasteiger partial charge in [0.2, 0.25) is 5.91 Å². The minimum Gasteiger partial charge on any atom is -0.492 e. The average molecular weight is 552 g/mol. The van der Waals surface area contributed by atoms with E-state index in [1.165, 1.54) is 42.2 Å². The molecule has 1 saturated carbocycles. The van der Waals surface area contributed by atoms with Gasteiger partial charge in [-0.25, -0.2) is 18.7 Å². The molecule has 2 aromatic carbocycles. The zero-order valence-electron chi connectivity index (χ0n) is 21.8. The molecule has 4 aromatic rings. The maximum Gasteiger partial charge on any atom is 0.246 e. The van der Waals surface area contributed by atoms with Gasteiger partial charge in [-0.1, -0.05) is 18.9 Å². The molecule has 210 valence electrons. The molecule has 0 radical (unpaired) electrons. The summed E-state index contributed by atoms with van der Waals surface area (Å²) < 4.78 is 34.5. The van der Waals surface area contributed by atoms with Gasteiger partial charge >= 0.3 is 0 Å². The quantitative estimate of drug-likeness (QED) is 0.206. The maximum absolute atomic E-state index is 13.8. The third kappa shape index (κ3) is 6.69. The molecule has 2 heterocycles. The summed E-state index contributed by atoms with van der Waals surface area (Å²) in [5.74, 6) is -1.16. The Balaban J connectivity index is 1.16. The van der Waals surface area contributed by atoms with Crippen LogP contribution in [-0.2, 0) is 11.3 Å². The molecule has 0 bridgehead atoms. The number of nitrogens with zero attached hydrogens (tertiary/aromatic N) is 4. The topological polar surface area (TPSA) is 126 Å². The number of benzene rings is 2. The van der Waals surface area contributed by atoms with Crippen molar-refractivity contribution in [1.82, 2.24) is 25.1 Å². The van der Waals surface area contributed by atoms with Gasteiger partial charge in [-0.2, -0.15) is 5.10 Å². The van der Waals surface area contributed by atoms with Gasteiger partial charge in [0.15, 0.2) is 11.6 Å². The van der Waals surface area contributed by atoms with Crippen LogP contribution in [0, 0.1) is 17.6 Å². The number of aliphatic hydroxyl groups is 1. The number of amides is 1. The van der Waals surface area contributed by atoms with Crippen molar-refractivity contribution in [3.05, 3.63) is 66.8 Å². The summed E-state index contributed by atoms with van der Waals surface area (Å²) in [4.78, 5) is 21.0. The third-order valence-electron chi connectivity index (χ3n) is 6.96. The van der Waals surface area contributed by atoms with E-state index in [-0.39, 0.29) is 18.8 Å². The van der Waals surface area contributed by atoms with Crippen LogP contribution in [0.1, 0.15) is 25.7 Å². The summed E-state index contributed by atoms with van der Waals surface area (Å²) in [5.41, 5.74) is 1.04. The maximum atomic E-state index is 13.8. The number of carbonyl (C=O) groups is 1. The molecule has 5 rings (SSSR count). The molecule has 0 saturated heterocycles. The smallest absolute Gasteiger partial charge is 0.246 e. The van der Waals surface area contributed by atoms with Crippen LogP contribution in [0.15, 0.2) is 55.1 Å². The normalized spacial score (nSPS) is 17.1. The van der Waals surface area contributed by atoms with Gasteiger partial charge in [-0.05, 0) is 43.0 Å². The largest absolute Gasteiger partial charge is 0.492 e. The number of fused-ring (bicyclic) bond motifs is 1. The number of nitrogens with one attached hydrogen (secondary N) is 3. The van der Waals surface area contributed by atoms with Crippen LogP contribution in [0.4, 0.5) is 26.0 Å². The highest BCUT2D eigenvalue weighted by molar-refractivity contribution is 5.92. The molecule has 4 N–H and O–H groups in total. The summed E-state index contributed by atoms with van der Waals surface area (Å²) in [7, 11) is 0. The average Bonchev–Trinajstić information content (AvgIpc) is 3.40. The predicted molar refractivity (Wildman–Crippen MR) is 146 cm³/mol. The molecule has 12 heteroatoms.